The van der Waals surface area contributed by atoms with Crippen molar-refractivity contribution in [1.82, 2.24) is 9.97 Å². The Labute approximate surface area is 142 Å². The van der Waals surface area contributed by atoms with Gasteiger partial charge in [0.15, 0.2) is 11.5 Å². The Kier molecular flexibility index (Phi) is 3.81. The second-order valence-electron chi connectivity index (χ2n) is 5.65. The van der Waals surface area contributed by atoms with Gasteiger partial charge >= 0.3 is 0 Å². The Balaban J connectivity index is 1.43. The fourth-order valence-electron chi connectivity index (χ4n) is 2.67. The largest absolute Gasteiger partial charge is 0.454 e. The number of H-pyrrole nitrogens is 1. The van der Waals surface area contributed by atoms with E-state index in [1.54, 1.807) is 24.3 Å². The van der Waals surface area contributed by atoms with Gasteiger partial charge in [-0.15, -0.1) is 0 Å². The zero-order chi connectivity index (χ0) is 17.2. The van der Waals surface area contributed by atoms with E-state index in [4.69, 9.17) is 9.47 Å². The van der Waals surface area contributed by atoms with Crippen LogP contribution in [0.2, 0.25) is 0 Å². The van der Waals surface area contributed by atoms with Crippen molar-refractivity contribution in [2.24, 2.45) is 0 Å². The van der Waals surface area contributed by atoms with Crippen molar-refractivity contribution in [2.75, 3.05) is 12.1 Å². The molecule has 0 saturated heterocycles. The number of benzene rings is 2. The van der Waals surface area contributed by atoms with Gasteiger partial charge in [0.05, 0.1) is 11.0 Å². The standard InChI is InChI=1S/C18H15N3O4/c22-17(19-11-5-7-15-16(9-11)25-10-24-15)8-6-14-18(23)21-13-4-2-1-3-12(13)20-14/h1-5,7,9H,6,8,10H2,(H,19,22)(H,21,23). The van der Waals surface area contributed by atoms with Crippen molar-refractivity contribution in [3.05, 3.63) is 58.5 Å². The molecule has 0 fully saturated rings. The number of nitrogens with one attached hydrogen (secondary N) is 2. The van der Waals surface area contributed by atoms with E-state index in [0.29, 0.717) is 33.9 Å². The minimum Gasteiger partial charge on any atom is -0.454 e. The van der Waals surface area contributed by atoms with Gasteiger partial charge in [-0.25, -0.2) is 4.98 Å². The van der Waals surface area contributed by atoms with E-state index in [1.807, 2.05) is 18.2 Å². The van der Waals surface area contributed by atoms with Crippen molar-refractivity contribution in [3.63, 3.8) is 0 Å². The SMILES string of the molecule is O=C(CCc1nc2ccccc2[nH]c1=O)Nc1ccc2c(c1)OCO2. The number of fused-ring (bicyclic) bond motifs is 2. The van der Waals surface area contributed by atoms with Gasteiger partial charge in [-0.1, -0.05) is 12.1 Å². The predicted octanol–water partition coefficient (Wildman–Crippen LogP) is 2.22. The highest BCUT2D eigenvalue weighted by Crippen LogP contribution is 2.34. The molecule has 0 saturated carbocycles. The number of carbonyl (C=O) groups is 1. The lowest BCUT2D eigenvalue weighted by atomic mass is 10.2. The quantitative estimate of drug-likeness (QED) is 0.761. The van der Waals surface area contributed by atoms with Crippen LogP contribution in [-0.2, 0) is 11.2 Å². The lowest BCUT2D eigenvalue weighted by molar-refractivity contribution is -0.116. The van der Waals surface area contributed by atoms with Crippen LogP contribution in [0.15, 0.2) is 47.3 Å². The molecule has 0 atom stereocenters. The smallest absolute Gasteiger partial charge is 0.270 e. The molecule has 0 unspecified atom stereocenters. The summed E-state index contributed by atoms with van der Waals surface area (Å²) in [6, 6.07) is 12.5. The molecule has 3 aromatic rings. The number of para-hydroxylation sites is 2. The minimum atomic E-state index is -0.269. The Bertz CT molecular complexity index is 1010. The van der Waals surface area contributed by atoms with Crippen LogP contribution in [0.25, 0.3) is 11.0 Å². The molecule has 7 nitrogen and oxygen atoms in total. The van der Waals surface area contributed by atoms with Crippen molar-refractivity contribution < 1.29 is 14.3 Å². The van der Waals surface area contributed by atoms with Gasteiger partial charge in [-0.2, -0.15) is 0 Å². The highest BCUT2D eigenvalue weighted by Gasteiger charge is 2.14. The summed E-state index contributed by atoms with van der Waals surface area (Å²) >= 11 is 0. The first kappa shape index (κ1) is 15.2. The third kappa shape index (κ3) is 3.16. The van der Waals surface area contributed by atoms with Crippen LogP contribution < -0.4 is 20.3 Å². The summed E-state index contributed by atoms with van der Waals surface area (Å²) in [4.78, 5) is 31.3. The fourth-order valence-corrected chi connectivity index (χ4v) is 2.67. The third-order valence-electron chi connectivity index (χ3n) is 3.91. The van der Waals surface area contributed by atoms with E-state index < -0.39 is 0 Å². The maximum atomic E-state index is 12.1. The van der Waals surface area contributed by atoms with E-state index in [2.05, 4.69) is 15.3 Å². The van der Waals surface area contributed by atoms with Crippen molar-refractivity contribution >= 4 is 22.6 Å². The highest BCUT2D eigenvalue weighted by molar-refractivity contribution is 5.91. The highest BCUT2D eigenvalue weighted by atomic mass is 16.7. The molecule has 0 bridgehead atoms. The van der Waals surface area contributed by atoms with Crippen LogP contribution in [0, 0.1) is 0 Å². The molecule has 25 heavy (non-hydrogen) atoms. The van der Waals surface area contributed by atoms with Gasteiger partial charge in [-0.05, 0) is 24.3 Å². The summed E-state index contributed by atoms with van der Waals surface area (Å²) in [6.45, 7) is 0.184. The van der Waals surface area contributed by atoms with Crippen LogP contribution in [-0.4, -0.2) is 22.7 Å². The van der Waals surface area contributed by atoms with E-state index >= 15 is 0 Å². The van der Waals surface area contributed by atoms with Crippen LogP contribution >= 0.6 is 0 Å². The Morgan fingerprint density at radius 2 is 2.00 bits per heavy atom. The van der Waals surface area contributed by atoms with E-state index in [-0.39, 0.29) is 31.1 Å². The van der Waals surface area contributed by atoms with Gasteiger partial charge in [0.2, 0.25) is 12.7 Å². The van der Waals surface area contributed by atoms with Crippen LogP contribution in [0.4, 0.5) is 5.69 Å². The average molecular weight is 337 g/mol. The number of carbonyl (C=O) groups excluding carboxylic acids is 1. The lowest BCUT2D eigenvalue weighted by Gasteiger charge is -2.06. The number of hydrogen-bond acceptors (Lipinski definition) is 5. The molecule has 1 amide bonds. The number of aromatic nitrogens is 2. The summed E-state index contributed by atoms with van der Waals surface area (Å²) in [6.07, 6.45) is 0.416. The van der Waals surface area contributed by atoms with E-state index in [0.717, 1.165) is 0 Å². The summed E-state index contributed by atoms with van der Waals surface area (Å²) in [5.41, 5.74) is 2.08. The van der Waals surface area contributed by atoms with Crippen LogP contribution in [0.5, 0.6) is 11.5 Å². The molecular weight excluding hydrogens is 322 g/mol. The number of hydrogen-bond donors (Lipinski definition) is 2. The fraction of sp³-hybridized carbons (Fsp3) is 0.167. The second kappa shape index (κ2) is 6.27. The maximum absolute atomic E-state index is 12.1. The van der Waals surface area contributed by atoms with Crippen molar-refractivity contribution in [3.8, 4) is 11.5 Å². The molecule has 1 aliphatic heterocycles. The maximum Gasteiger partial charge on any atom is 0.270 e. The first-order valence-corrected chi connectivity index (χ1v) is 7.86. The van der Waals surface area contributed by atoms with E-state index in [1.165, 1.54) is 0 Å². The van der Waals surface area contributed by atoms with E-state index in [9.17, 15) is 9.59 Å². The molecule has 4 rings (SSSR count). The summed E-state index contributed by atoms with van der Waals surface area (Å²) < 4.78 is 10.5. The van der Waals surface area contributed by atoms with Gasteiger partial charge in [0.25, 0.3) is 5.56 Å². The predicted molar refractivity (Wildman–Crippen MR) is 91.9 cm³/mol. The number of nitrogens with zero attached hydrogens (tertiary/aromatic N) is 1. The third-order valence-corrected chi connectivity index (χ3v) is 3.91. The first-order valence-electron chi connectivity index (χ1n) is 7.86. The Morgan fingerprint density at radius 3 is 2.92 bits per heavy atom. The average Bonchev–Trinajstić information content (AvgIpc) is 3.07. The summed E-state index contributed by atoms with van der Waals surface area (Å²) in [5.74, 6) is 1.06. The second-order valence-corrected chi connectivity index (χ2v) is 5.65. The Morgan fingerprint density at radius 1 is 1.16 bits per heavy atom. The normalized spacial score (nSPS) is 12.3. The number of rotatable bonds is 4. The first-order chi connectivity index (χ1) is 12.2. The lowest BCUT2D eigenvalue weighted by Crippen LogP contribution is -2.19. The monoisotopic (exact) mass is 337 g/mol. The Hall–Kier alpha value is -3.35. The molecule has 2 aromatic carbocycles. The molecule has 0 spiro atoms. The number of aryl methyl sites for hydroxylation is 1. The van der Waals surface area contributed by atoms with Gasteiger partial charge in [0, 0.05) is 24.6 Å². The molecule has 1 aromatic heterocycles. The number of amides is 1. The van der Waals surface area contributed by atoms with Gasteiger partial charge < -0.3 is 19.8 Å². The topological polar surface area (TPSA) is 93.3 Å². The molecular formula is C18H15N3O4. The molecule has 126 valence electrons. The van der Waals surface area contributed by atoms with Crippen molar-refractivity contribution in [1.29, 1.82) is 0 Å². The van der Waals surface area contributed by atoms with Gasteiger partial charge in [-0.3, -0.25) is 9.59 Å². The van der Waals surface area contributed by atoms with Crippen LogP contribution in [0.3, 0.4) is 0 Å². The van der Waals surface area contributed by atoms with Gasteiger partial charge in [0.1, 0.15) is 5.69 Å². The summed E-state index contributed by atoms with van der Waals surface area (Å²) in [5, 5.41) is 2.78. The van der Waals surface area contributed by atoms with Crippen LogP contribution in [0.1, 0.15) is 12.1 Å². The molecule has 0 radical (unpaired) electrons. The molecule has 2 N–H and O–H groups in total. The number of aromatic amines is 1. The molecule has 2 heterocycles. The zero-order valence-corrected chi connectivity index (χ0v) is 13.2. The molecule has 1 aliphatic rings. The zero-order valence-electron chi connectivity index (χ0n) is 13.2. The number of anilines is 1. The minimum absolute atomic E-state index is 0.156. The molecule has 0 aliphatic carbocycles. The molecule has 7 heteroatoms. The number of ether oxygens (including phenoxy) is 2. The van der Waals surface area contributed by atoms with Crippen molar-refractivity contribution in [2.45, 2.75) is 12.8 Å². The summed E-state index contributed by atoms with van der Waals surface area (Å²) in [7, 11) is 0.